The number of hydrogen-bond acceptors (Lipinski definition) is 5. The van der Waals surface area contributed by atoms with Gasteiger partial charge in [-0.25, -0.2) is 16.8 Å². The Morgan fingerprint density at radius 3 is 1.90 bits per heavy atom. The Bertz CT molecular complexity index is 1120. The fourth-order valence-corrected chi connectivity index (χ4v) is 6.64. The third kappa shape index (κ3) is 4.50. The Kier molecular flexibility index (Phi) is 6.21. The van der Waals surface area contributed by atoms with Crippen LogP contribution in [0.25, 0.3) is 0 Å². The number of sulfonamides is 2. The van der Waals surface area contributed by atoms with Gasteiger partial charge in [-0.15, -0.1) is 0 Å². The molecular formula is C20H25N3O5S2. The molecule has 1 aliphatic rings. The van der Waals surface area contributed by atoms with Crippen LogP contribution >= 0.6 is 0 Å². The second-order valence-electron chi connectivity index (χ2n) is 7.48. The van der Waals surface area contributed by atoms with Gasteiger partial charge >= 0.3 is 0 Å². The summed E-state index contributed by atoms with van der Waals surface area (Å²) in [6.07, 6.45) is 2.63. The molecule has 162 valence electrons. The Labute approximate surface area is 177 Å². The summed E-state index contributed by atoms with van der Waals surface area (Å²) in [6, 6.07) is 10.7. The van der Waals surface area contributed by atoms with E-state index in [9.17, 15) is 21.6 Å². The van der Waals surface area contributed by atoms with E-state index in [2.05, 4.69) is 4.72 Å². The van der Waals surface area contributed by atoms with Crippen LogP contribution in [-0.4, -0.2) is 39.1 Å². The van der Waals surface area contributed by atoms with Crippen molar-refractivity contribution in [2.24, 2.45) is 5.73 Å². The second kappa shape index (κ2) is 8.37. The molecular weight excluding hydrogens is 426 g/mol. The molecule has 0 aromatic heterocycles. The smallest absolute Gasteiger partial charge is 0.261 e. The Morgan fingerprint density at radius 1 is 0.900 bits per heavy atom. The Balaban J connectivity index is 1.80. The molecule has 1 amide bonds. The monoisotopic (exact) mass is 451 g/mol. The lowest BCUT2D eigenvalue weighted by Gasteiger charge is -2.37. The van der Waals surface area contributed by atoms with Gasteiger partial charge in [0.2, 0.25) is 15.9 Å². The highest BCUT2D eigenvalue weighted by atomic mass is 32.2. The zero-order valence-corrected chi connectivity index (χ0v) is 18.4. The summed E-state index contributed by atoms with van der Waals surface area (Å²) in [7, 11) is -7.58. The highest BCUT2D eigenvalue weighted by Crippen LogP contribution is 2.30. The summed E-state index contributed by atoms with van der Waals surface area (Å²) in [6.45, 7) is 3.80. The van der Waals surface area contributed by atoms with Crippen molar-refractivity contribution >= 4 is 31.6 Å². The maximum atomic E-state index is 13.1. The van der Waals surface area contributed by atoms with Crippen molar-refractivity contribution in [1.29, 1.82) is 0 Å². The highest BCUT2D eigenvalue weighted by Gasteiger charge is 2.35. The molecule has 0 aliphatic carbocycles. The summed E-state index contributed by atoms with van der Waals surface area (Å²) >= 11 is 0. The summed E-state index contributed by atoms with van der Waals surface area (Å²) in [4.78, 5) is 11.2. The molecule has 1 saturated heterocycles. The molecule has 2 atom stereocenters. The number of carbonyl (C=O) groups is 1. The first-order valence-electron chi connectivity index (χ1n) is 9.58. The lowest BCUT2D eigenvalue weighted by molar-refractivity contribution is 0.1000. The summed E-state index contributed by atoms with van der Waals surface area (Å²) in [5.41, 5.74) is 5.59. The molecule has 3 rings (SSSR count). The number of piperidine rings is 1. The minimum atomic E-state index is -3.90. The molecule has 30 heavy (non-hydrogen) atoms. The molecule has 0 spiro atoms. The predicted molar refractivity (Wildman–Crippen MR) is 114 cm³/mol. The van der Waals surface area contributed by atoms with E-state index in [0.29, 0.717) is 0 Å². The van der Waals surface area contributed by atoms with Gasteiger partial charge in [-0.2, -0.15) is 4.31 Å². The lowest BCUT2D eigenvalue weighted by Crippen LogP contribution is -2.47. The van der Waals surface area contributed by atoms with Crippen LogP contribution < -0.4 is 10.5 Å². The minimum Gasteiger partial charge on any atom is -0.366 e. The molecule has 0 saturated carbocycles. The molecule has 3 N–H and O–H groups in total. The van der Waals surface area contributed by atoms with Gasteiger partial charge in [0.15, 0.2) is 0 Å². The fraction of sp³-hybridized carbons (Fsp3) is 0.350. The van der Waals surface area contributed by atoms with Crippen molar-refractivity contribution < 1.29 is 21.6 Å². The van der Waals surface area contributed by atoms with Crippen molar-refractivity contribution in [2.45, 2.75) is 55.0 Å². The van der Waals surface area contributed by atoms with Crippen LogP contribution in [-0.2, 0) is 20.0 Å². The van der Waals surface area contributed by atoms with E-state index in [4.69, 9.17) is 5.73 Å². The van der Waals surface area contributed by atoms with Gasteiger partial charge in [-0.3, -0.25) is 9.52 Å². The molecule has 2 aromatic carbocycles. The van der Waals surface area contributed by atoms with Crippen LogP contribution in [0, 0.1) is 0 Å². The summed E-state index contributed by atoms with van der Waals surface area (Å²) in [5, 5.41) is 0. The van der Waals surface area contributed by atoms with Crippen LogP contribution in [0.1, 0.15) is 43.5 Å². The third-order valence-corrected chi connectivity index (χ3v) is 8.78. The fourth-order valence-electron chi connectivity index (χ4n) is 3.70. The van der Waals surface area contributed by atoms with Crippen LogP contribution in [0.4, 0.5) is 5.69 Å². The van der Waals surface area contributed by atoms with Gasteiger partial charge in [0, 0.05) is 23.3 Å². The first kappa shape index (κ1) is 22.3. The largest absolute Gasteiger partial charge is 0.366 e. The van der Waals surface area contributed by atoms with Gasteiger partial charge < -0.3 is 5.73 Å². The zero-order valence-electron chi connectivity index (χ0n) is 16.8. The Hall–Kier alpha value is -2.43. The van der Waals surface area contributed by atoms with Crippen molar-refractivity contribution in [3.63, 3.8) is 0 Å². The maximum Gasteiger partial charge on any atom is 0.261 e. The van der Waals surface area contributed by atoms with Crippen LogP contribution in [0.2, 0.25) is 0 Å². The number of primary amides is 1. The van der Waals surface area contributed by atoms with E-state index in [1.807, 2.05) is 13.8 Å². The first-order chi connectivity index (χ1) is 14.0. The topological polar surface area (TPSA) is 127 Å². The molecule has 1 fully saturated rings. The minimum absolute atomic E-state index is 0.0415. The molecule has 0 bridgehead atoms. The van der Waals surface area contributed by atoms with Gasteiger partial charge in [0.05, 0.1) is 9.79 Å². The number of anilines is 1. The highest BCUT2D eigenvalue weighted by molar-refractivity contribution is 7.92. The lowest BCUT2D eigenvalue weighted by atomic mass is 10.0. The number of amides is 1. The molecule has 1 heterocycles. The van der Waals surface area contributed by atoms with Gasteiger partial charge in [0.1, 0.15) is 0 Å². The van der Waals surface area contributed by atoms with Gasteiger partial charge in [-0.05, 0) is 75.2 Å². The number of rotatable bonds is 6. The number of carbonyl (C=O) groups excluding carboxylic acids is 1. The molecule has 2 aromatic rings. The Morgan fingerprint density at radius 2 is 1.40 bits per heavy atom. The van der Waals surface area contributed by atoms with Crippen LogP contribution in [0.3, 0.4) is 0 Å². The van der Waals surface area contributed by atoms with E-state index >= 15 is 0 Å². The third-order valence-electron chi connectivity index (χ3n) is 5.24. The normalized spacial score (nSPS) is 20.6. The van der Waals surface area contributed by atoms with E-state index in [0.717, 1.165) is 19.3 Å². The van der Waals surface area contributed by atoms with Gasteiger partial charge in [-0.1, -0.05) is 6.42 Å². The average molecular weight is 452 g/mol. The number of nitrogens with two attached hydrogens (primary N) is 1. The zero-order chi connectivity index (χ0) is 22.1. The second-order valence-corrected chi connectivity index (χ2v) is 11.0. The van der Waals surface area contributed by atoms with E-state index in [1.54, 1.807) is 0 Å². The molecule has 1 aliphatic heterocycles. The predicted octanol–water partition coefficient (Wildman–Crippen LogP) is 2.54. The van der Waals surface area contributed by atoms with Gasteiger partial charge in [0.25, 0.3) is 10.0 Å². The van der Waals surface area contributed by atoms with Crippen LogP contribution in [0.5, 0.6) is 0 Å². The molecule has 0 unspecified atom stereocenters. The molecule has 0 radical (unpaired) electrons. The standard InChI is InChI=1S/C20H25N3O5S2/c1-14-4-3-5-15(2)23(14)30(27,28)19-12-8-17(9-13-19)22-29(25,26)18-10-6-16(7-11-18)20(21)24/h6-15,22H,3-5H2,1-2H3,(H2,21,24)/t14-,15-/m1/s1. The number of nitrogens with one attached hydrogen (secondary N) is 1. The average Bonchev–Trinajstić information content (AvgIpc) is 2.68. The van der Waals surface area contributed by atoms with Crippen molar-refractivity contribution in [1.82, 2.24) is 4.31 Å². The molecule has 10 heteroatoms. The number of hydrogen-bond donors (Lipinski definition) is 2. The number of nitrogens with zero attached hydrogens (tertiary/aromatic N) is 1. The quantitative estimate of drug-likeness (QED) is 0.698. The van der Waals surface area contributed by atoms with E-state index in [1.165, 1.54) is 52.8 Å². The SMILES string of the molecule is C[C@@H]1CCC[C@@H](C)N1S(=O)(=O)c1ccc(NS(=O)(=O)c2ccc(C(N)=O)cc2)cc1. The maximum absolute atomic E-state index is 13.1. The molecule has 8 nitrogen and oxygen atoms in total. The summed E-state index contributed by atoms with van der Waals surface area (Å²) < 4.78 is 55.2. The first-order valence-corrected chi connectivity index (χ1v) is 12.5. The van der Waals surface area contributed by atoms with Crippen molar-refractivity contribution in [3.8, 4) is 0 Å². The number of benzene rings is 2. The van der Waals surface area contributed by atoms with Crippen molar-refractivity contribution in [2.75, 3.05) is 4.72 Å². The van der Waals surface area contributed by atoms with E-state index in [-0.39, 0.29) is 33.1 Å². The van der Waals surface area contributed by atoms with E-state index < -0.39 is 26.0 Å². The summed E-state index contributed by atoms with van der Waals surface area (Å²) in [5.74, 6) is -0.652. The van der Waals surface area contributed by atoms with Crippen molar-refractivity contribution in [3.05, 3.63) is 54.1 Å². The van der Waals surface area contributed by atoms with Crippen LogP contribution in [0.15, 0.2) is 58.3 Å².